The highest BCUT2D eigenvalue weighted by Crippen LogP contribution is 2.16. The van der Waals surface area contributed by atoms with Gasteiger partial charge in [0.15, 0.2) is 0 Å². The van der Waals surface area contributed by atoms with Crippen LogP contribution >= 0.6 is 15.9 Å². The van der Waals surface area contributed by atoms with Gasteiger partial charge in [0.05, 0.1) is 0 Å². The van der Waals surface area contributed by atoms with E-state index in [0.717, 1.165) is 23.9 Å². The first-order valence-electron chi connectivity index (χ1n) is 6.24. The predicted octanol–water partition coefficient (Wildman–Crippen LogP) is 2.43. The third kappa shape index (κ3) is 4.42. The van der Waals surface area contributed by atoms with Crippen LogP contribution in [0.15, 0.2) is 28.7 Å². The lowest BCUT2D eigenvalue weighted by atomic mass is 10.1. The highest BCUT2D eigenvalue weighted by molar-refractivity contribution is 9.10. The quantitative estimate of drug-likeness (QED) is 0.877. The second-order valence-corrected chi connectivity index (χ2v) is 5.43. The van der Waals surface area contributed by atoms with Gasteiger partial charge in [0.25, 0.3) is 0 Å². The molecule has 1 atom stereocenters. The van der Waals surface area contributed by atoms with Gasteiger partial charge in [-0.2, -0.15) is 0 Å². The van der Waals surface area contributed by atoms with E-state index < -0.39 is 0 Å². The van der Waals surface area contributed by atoms with Gasteiger partial charge in [0, 0.05) is 24.0 Å². The van der Waals surface area contributed by atoms with Crippen molar-refractivity contribution in [1.82, 2.24) is 4.90 Å². The van der Waals surface area contributed by atoms with Gasteiger partial charge in [-0.3, -0.25) is 4.79 Å². The maximum atomic E-state index is 12.0. The molecule has 0 aromatic heterocycles. The molecule has 0 aliphatic rings. The van der Waals surface area contributed by atoms with Crippen molar-refractivity contribution >= 4 is 21.8 Å². The Bertz CT molecular complexity index is 395. The summed E-state index contributed by atoms with van der Waals surface area (Å²) in [5.41, 5.74) is 6.70. The van der Waals surface area contributed by atoms with E-state index in [2.05, 4.69) is 22.0 Å². The van der Waals surface area contributed by atoms with Crippen molar-refractivity contribution in [3.63, 3.8) is 0 Å². The number of likely N-dealkylation sites (N-methyl/N-ethyl adjacent to an activating group) is 1. The molecule has 2 N–H and O–H groups in total. The Morgan fingerprint density at radius 1 is 1.44 bits per heavy atom. The molecule has 18 heavy (non-hydrogen) atoms. The molecule has 0 bridgehead atoms. The lowest BCUT2D eigenvalue weighted by Crippen LogP contribution is -2.34. The molecule has 1 amide bonds. The second kappa shape index (κ2) is 7.54. The summed E-state index contributed by atoms with van der Waals surface area (Å²) in [6.45, 7) is 3.23. The minimum Gasteiger partial charge on any atom is -0.345 e. The first-order valence-corrected chi connectivity index (χ1v) is 7.04. The molecular weight excluding hydrogens is 292 g/mol. The standard InChI is InChI=1S/C14H21BrN2O/c1-11(7-9-16)14(18)17(2)10-8-12-5-3-4-6-13(12)15/h3-6,11H,7-10,16H2,1-2H3. The van der Waals surface area contributed by atoms with Crippen LogP contribution in [-0.2, 0) is 11.2 Å². The number of amides is 1. The lowest BCUT2D eigenvalue weighted by Gasteiger charge is -2.21. The number of benzene rings is 1. The van der Waals surface area contributed by atoms with E-state index in [-0.39, 0.29) is 11.8 Å². The number of carbonyl (C=O) groups is 1. The molecule has 0 radical (unpaired) electrons. The smallest absolute Gasteiger partial charge is 0.225 e. The summed E-state index contributed by atoms with van der Waals surface area (Å²) >= 11 is 3.52. The van der Waals surface area contributed by atoms with Crippen LogP contribution in [0.25, 0.3) is 0 Å². The fraction of sp³-hybridized carbons (Fsp3) is 0.500. The predicted molar refractivity (Wildman–Crippen MR) is 78.3 cm³/mol. The van der Waals surface area contributed by atoms with Gasteiger partial charge in [-0.15, -0.1) is 0 Å². The monoisotopic (exact) mass is 312 g/mol. The molecule has 1 aromatic rings. The van der Waals surface area contributed by atoms with Crippen molar-refractivity contribution in [2.24, 2.45) is 11.7 Å². The molecule has 0 aliphatic carbocycles. The maximum Gasteiger partial charge on any atom is 0.225 e. The van der Waals surface area contributed by atoms with Crippen LogP contribution in [-0.4, -0.2) is 30.9 Å². The largest absolute Gasteiger partial charge is 0.345 e. The molecule has 1 rings (SSSR count). The molecule has 3 nitrogen and oxygen atoms in total. The van der Waals surface area contributed by atoms with Crippen molar-refractivity contribution in [1.29, 1.82) is 0 Å². The molecule has 100 valence electrons. The van der Waals surface area contributed by atoms with E-state index in [0.29, 0.717) is 6.54 Å². The first-order chi connectivity index (χ1) is 8.56. The molecule has 0 saturated heterocycles. The minimum atomic E-state index is 0.0132. The first kappa shape index (κ1) is 15.2. The summed E-state index contributed by atoms with van der Waals surface area (Å²) in [5.74, 6) is 0.187. The number of nitrogens with zero attached hydrogens (tertiary/aromatic N) is 1. The second-order valence-electron chi connectivity index (χ2n) is 4.58. The summed E-state index contributed by atoms with van der Waals surface area (Å²) in [7, 11) is 1.85. The van der Waals surface area contributed by atoms with Gasteiger partial charge in [0.2, 0.25) is 5.91 Å². The van der Waals surface area contributed by atoms with Crippen LogP contribution in [0.3, 0.4) is 0 Å². The zero-order valence-electron chi connectivity index (χ0n) is 11.0. The van der Waals surface area contributed by atoms with Crippen molar-refractivity contribution in [3.8, 4) is 0 Å². The molecule has 1 aromatic carbocycles. The maximum absolute atomic E-state index is 12.0. The summed E-state index contributed by atoms with van der Waals surface area (Å²) in [4.78, 5) is 13.8. The average molecular weight is 313 g/mol. The third-order valence-electron chi connectivity index (χ3n) is 3.07. The van der Waals surface area contributed by atoms with Crippen LogP contribution in [0.5, 0.6) is 0 Å². The summed E-state index contributed by atoms with van der Waals surface area (Å²) < 4.78 is 1.10. The fourth-order valence-electron chi connectivity index (χ4n) is 1.85. The number of halogens is 1. The molecule has 4 heteroatoms. The van der Waals surface area contributed by atoms with Crippen molar-refractivity contribution in [2.75, 3.05) is 20.1 Å². The van der Waals surface area contributed by atoms with Gasteiger partial charge in [-0.05, 0) is 31.0 Å². The average Bonchev–Trinajstić information content (AvgIpc) is 2.36. The lowest BCUT2D eigenvalue weighted by molar-refractivity contribution is -0.133. The molecular formula is C14H21BrN2O. The Labute approximate surface area is 117 Å². The van der Waals surface area contributed by atoms with E-state index in [1.807, 2.05) is 32.2 Å². The van der Waals surface area contributed by atoms with Crippen molar-refractivity contribution in [3.05, 3.63) is 34.3 Å². The minimum absolute atomic E-state index is 0.0132. The normalized spacial score (nSPS) is 12.2. The molecule has 0 heterocycles. The number of rotatable bonds is 6. The van der Waals surface area contributed by atoms with Crippen LogP contribution in [0.4, 0.5) is 0 Å². The van der Waals surface area contributed by atoms with Gasteiger partial charge < -0.3 is 10.6 Å². The fourth-order valence-corrected chi connectivity index (χ4v) is 2.33. The van der Waals surface area contributed by atoms with Gasteiger partial charge >= 0.3 is 0 Å². The number of nitrogens with two attached hydrogens (primary N) is 1. The SMILES string of the molecule is CC(CCN)C(=O)N(C)CCc1ccccc1Br. The van der Waals surface area contributed by atoms with E-state index in [1.54, 1.807) is 4.90 Å². The zero-order chi connectivity index (χ0) is 13.5. The third-order valence-corrected chi connectivity index (χ3v) is 3.85. The van der Waals surface area contributed by atoms with Crippen molar-refractivity contribution < 1.29 is 4.79 Å². The van der Waals surface area contributed by atoms with E-state index in [1.165, 1.54) is 5.56 Å². The zero-order valence-corrected chi connectivity index (χ0v) is 12.6. The van der Waals surface area contributed by atoms with E-state index in [9.17, 15) is 4.79 Å². The van der Waals surface area contributed by atoms with Crippen LogP contribution in [0.1, 0.15) is 18.9 Å². The summed E-state index contributed by atoms with van der Waals surface area (Å²) in [6, 6.07) is 8.10. The Balaban J connectivity index is 2.48. The van der Waals surface area contributed by atoms with E-state index in [4.69, 9.17) is 5.73 Å². The molecule has 0 spiro atoms. The molecule has 0 aliphatic heterocycles. The summed E-state index contributed by atoms with van der Waals surface area (Å²) in [5, 5.41) is 0. The Morgan fingerprint density at radius 3 is 2.72 bits per heavy atom. The van der Waals surface area contributed by atoms with Crippen molar-refractivity contribution in [2.45, 2.75) is 19.8 Å². The Hall–Kier alpha value is -0.870. The number of hydrogen-bond acceptors (Lipinski definition) is 2. The highest BCUT2D eigenvalue weighted by atomic mass is 79.9. The summed E-state index contributed by atoms with van der Waals surface area (Å²) in [6.07, 6.45) is 1.61. The molecule has 1 unspecified atom stereocenters. The van der Waals surface area contributed by atoms with Gasteiger partial charge in [-0.25, -0.2) is 0 Å². The van der Waals surface area contributed by atoms with Gasteiger partial charge in [0.1, 0.15) is 0 Å². The Morgan fingerprint density at radius 2 is 2.11 bits per heavy atom. The van der Waals surface area contributed by atoms with Crippen LogP contribution in [0.2, 0.25) is 0 Å². The van der Waals surface area contributed by atoms with Gasteiger partial charge in [-0.1, -0.05) is 41.1 Å². The Kier molecular flexibility index (Phi) is 6.36. The molecule has 0 fully saturated rings. The van der Waals surface area contributed by atoms with Crippen LogP contribution in [0, 0.1) is 5.92 Å². The number of carbonyl (C=O) groups excluding carboxylic acids is 1. The number of hydrogen-bond donors (Lipinski definition) is 1. The molecule has 0 saturated carbocycles. The topological polar surface area (TPSA) is 46.3 Å². The van der Waals surface area contributed by atoms with E-state index >= 15 is 0 Å². The van der Waals surface area contributed by atoms with Crippen LogP contribution < -0.4 is 5.73 Å². The highest BCUT2D eigenvalue weighted by Gasteiger charge is 2.16.